The average molecular weight is 267 g/mol. The lowest BCUT2D eigenvalue weighted by atomic mass is 9.77. The van der Waals surface area contributed by atoms with Gasteiger partial charge in [0.05, 0.1) is 5.92 Å². The molecule has 0 aliphatic heterocycles. The summed E-state index contributed by atoms with van der Waals surface area (Å²) < 4.78 is 0. The second-order valence-electron chi connectivity index (χ2n) is 6.86. The molecule has 5 unspecified atom stereocenters. The molecule has 3 heteroatoms. The molecule has 110 valence electrons. The highest BCUT2D eigenvalue weighted by Gasteiger charge is 2.31. The van der Waals surface area contributed by atoms with E-state index in [1.807, 2.05) is 0 Å². The molecule has 0 spiro atoms. The van der Waals surface area contributed by atoms with Gasteiger partial charge >= 0.3 is 5.97 Å². The van der Waals surface area contributed by atoms with Gasteiger partial charge in [0.2, 0.25) is 0 Å². The van der Waals surface area contributed by atoms with Crippen LogP contribution in [0.25, 0.3) is 0 Å². The maximum atomic E-state index is 11.3. The molecule has 0 bridgehead atoms. The van der Waals surface area contributed by atoms with Gasteiger partial charge in [0.25, 0.3) is 0 Å². The summed E-state index contributed by atoms with van der Waals surface area (Å²) >= 11 is 0. The summed E-state index contributed by atoms with van der Waals surface area (Å²) in [6.45, 7) is 5.60. The molecule has 0 radical (unpaired) electrons. The third-order valence-electron chi connectivity index (χ3n) is 5.49. The van der Waals surface area contributed by atoms with Gasteiger partial charge < -0.3 is 10.4 Å². The Balaban J connectivity index is 1.79. The van der Waals surface area contributed by atoms with Crippen molar-refractivity contribution in [2.75, 3.05) is 6.54 Å². The first-order valence-electron chi connectivity index (χ1n) is 8.04. The zero-order valence-corrected chi connectivity index (χ0v) is 12.4. The van der Waals surface area contributed by atoms with Crippen LogP contribution in [-0.4, -0.2) is 23.7 Å². The molecule has 2 fully saturated rings. The first-order chi connectivity index (χ1) is 9.08. The van der Waals surface area contributed by atoms with Crippen LogP contribution in [0.5, 0.6) is 0 Å². The number of aliphatic carboxylic acids is 1. The number of carbonyl (C=O) groups is 1. The van der Waals surface area contributed by atoms with Crippen LogP contribution in [0.2, 0.25) is 0 Å². The highest BCUT2D eigenvalue weighted by atomic mass is 16.4. The fraction of sp³-hybridized carbons (Fsp3) is 0.938. The van der Waals surface area contributed by atoms with E-state index >= 15 is 0 Å². The predicted molar refractivity (Wildman–Crippen MR) is 77.1 cm³/mol. The molecular formula is C16H29NO2. The van der Waals surface area contributed by atoms with Crippen molar-refractivity contribution < 1.29 is 9.90 Å². The fourth-order valence-corrected chi connectivity index (χ4v) is 3.83. The smallest absolute Gasteiger partial charge is 0.306 e. The SMILES string of the molecule is CC1CCC(NCC2CCCCC2C(=O)O)CC1C. The zero-order chi connectivity index (χ0) is 13.8. The normalized spacial score (nSPS) is 40.0. The second-order valence-corrected chi connectivity index (χ2v) is 6.86. The predicted octanol–water partition coefficient (Wildman–Crippen LogP) is 3.29. The van der Waals surface area contributed by atoms with Gasteiger partial charge in [-0.05, 0) is 56.4 Å². The van der Waals surface area contributed by atoms with Gasteiger partial charge in [-0.15, -0.1) is 0 Å². The highest BCUT2D eigenvalue weighted by Crippen LogP contribution is 2.32. The van der Waals surface area contributed by atoms with Crippen molar-refractivity contribution in [1.82, 2.24) is 5.32 Å². The molecule has 2 aliphatic carbocycles. The third-order valence-corrected chi connectivity index (χ3v) is 5.49. The van der Waals surface area contributed by atoms with Crippen LogP contribution in [0.1, 0.15) is 58.8 Å². The summed E-state index contributed by atoms with van der Waals surface area (Å²) in [6.07, 6.45) is 8.08. The quantitative estimate of drug-likeness (QED) is 0.821. The second kappa shape index (κ2) is 6.74. The third kappa shape index (κ3) is 3.95. The number of carboxylic acids is 1. The molecule has 2 aliphatic rings. The van der Waals surface area contributed by atoms with Crippen LogP contribution in [0.4, 0.5) is 0 Å². The van der Waals surface area contributed by atoms with Crippen LogP contribution in [-0.2, 0) is 4.79 Å². The van der Waals surface area contributed by atoms with Gasteiger partial charge in [-0.3, -0.25) is 4.79 Å². The maximum absolute atomic E-state index is 11.3. The van der Waals surface area contributed by atoms with E-state index in [1.54, 1.807) is 0 Å². The summed E-state index contributed by atoms with van der Waals surface area (Å²) in [6, 6.07) is 0.613. The number of carboxylic acid groups (broad SMARTS) is 1. The first-order valence-corrected chi connectivity index (χ1v) is 8.04. The van der Waals surface area contributed by atoms with E-state index in [4.69, 9.17) is 0 Å². The van der Waals surface area contributed by atoms with Gasteiger partial charge in [0.1, 0.15) is 0 Å². The van der Waals surface area contributed by atoms with Crippen LogP contribution in [0.3, 0.4) is 0 Å². The summed E-state index contributed by atoms with van der Waals surface area (Å²) in [5.74, 6) is 1.30. The molecule has 5 atom stereocenters. The van der Waals surface area contributed by atoms with Crippen molar-refractivity contribution in [3.8, 4) is 0 Å². The van der Waals surface area contributed by atoms with E-state index in [9.17, 15) is 9.90 Å². The molecule has 2 rings (SSSR count). The number of hydrogen-bond acceptors (Lipinski definition) is 2. The minimum absolute atomic E-state index is 0.110. The molecule has 0 aromatic carbocycles. The van der Waals surface area contributed by atoms with Gasteiger partial charge in [0.15, 0.2) is 0 Å². The van der Waals surface area contributed by atoms with E-state index < -0.39 is 5.97 Å². The monoisotopic (exact) mass is 267 g/mol. The Kier molecular flexibility index (Phi) is 5.26. The van der Waals surface area contributed by atoms with Crippen LogP contribution < -0.4 is 5.32 Å². The Morgan fingerprint density at radius 2 is 1.84 bits per heavy atom. The van der Waals surface area contributed by atoms with Crippen molar-refractivity contribution in [3.05, 3.63) is 0 Å². The minimum atomic E-state index is -0.586. The molecule has 0 amide bonds. The molecule has 0 saturated heterocycles. The summed E-state index contributed by atoms with van der Waals surface area (Å²) in [5, 5.41) is 13.0. The van der Waals surface area contributed by atoms with Crippen LogP contribution in [0.15, 0.2) is 0 Å². The Labute approximate surface area is 117 Å². The fourth-order valence-electron chi connectivity index (χ4n) is 3.83. The van der Waals surface area contributed by atoms with Crippen LogP contribution >= 0.6 is 0 Å². The first kappa shape index (κ1) is 14.8. The van der Waals surface area contributed by atoms with Crippen molar-refractivity contribution in [2.45, 2.75) is 64.8 Å². The van der Waals surface area contributed by atoms with Crippen LogP contribution in [0, 0.1) is 23.7 Å². The van der Waals surface area contributed by atoms with Gasteiger partial charge in [-0.1, -0.05) is 26.7 Å². The molecule has 2 N–H and O–H groups in total. The number of rotatable bonds is 4. The van der Waals surface area contributed by atoms with Gasteiger partial charge in [-0.25, -0.2) is 0 Å². The van der Waals surface area contributed by atoms with E-state index in [-0.39, 0.29) is 5.92 Å². The molecule has 0 aromatic heterocycles. The lowest BCUT2D eigenvalue weighted by molar-refractivity contribution is -0.144. The molecule has 3 nitrogen and oxygen atoms in total. The largest absolute Gasteiger partial charge is 0.481 e. The topological polar surface area (TPSA) is 49.3 Å². The van der Waals surface area contributed by atoms with Gasteiger partial charge in [0, 0.05) is 6.04 Å². The molecular weight excluding hydrogens is 238 g/mol. The number of nitrogens with one attached hydrogen (secondary N) is 1. The summed E-state index contributed by atoms with van der Waals surface area (Å²) in [7, 11) is 0. The maximum Gasteiger partial charge on any atom is 0.306 e. The Bertz CT molecular complexity index is 305. The Morgan fingerprint density at radius 1 is 1.11 bits per heavy atom. The molecule has 19 heavy (non-hydrogen) atoms. The lowest BCUT2D eigenvalue weighted by Gasteiger charge is -2.35. The van der Waals surface area contributed by atoms with Crippen molar-refractivity contribution in [3.63, 3.8) is 0 Å². The summed E-state index contributed by atoms with van der Waals surface area (Å²) in [4.78, 5) is 11.3. The van der Waals surface area contributed by atoms with Gasteiger partial charge in [-0.2, -0.15) is 0 Å². The Morgan fingerprint density at radius 3 is 2.53 bits per heavy atom. The van der Waals surface area contributed by atoms with E-state index in [1.165, 1.54) is 25.7 Å². The van der Waals surface area contributed by atoms with E-state index in [0.29, 0.717) is 12.0 Å². The minimum Gasteiger partial charge on any atom is -0.481 e. The lowest BCUT2D eigenvalue weighted by Crippen LogP contribution is -2.42. The van der Waals surface area contributed by atoms with Crippen molar-refractivity contribution in [1.29, 1.82) is 0 Å². The zero-order valence-electron chi connectivity index (χ0n) is 12.4. The highest BCUT2D eigenvalue weighted by molar-refractivity contribution is 5.70. The van der Waals surface area contributed by atoms with Crippen molar-refractivity contribution >= 4 is 5.97 Å². The van der Waals surface area contributed by atoms with E-state index in [0.717, 1.165) is 37.6 Å². The number of hydrogen-bond donors (Lipinski definition) is 2. The molecule has 2 saturated carbocycles. The van der Waals surface area contributed by atoms with Crippen molar-refractivity contribution in [2.24, 2.45) is 23.7 Å². The standard InChI is InChI=1S/C16H29NO2/c1-11-7-8-14(9-12(11)2)17-10-13-5-3-4-6-15(13)16(18)19/h11-15,17H,3-10H2,1-2H3,(H,18,19). The average Bonchev–Trinajstić information content (AvgIpc) is 2.40. The molecule has 0 aromatic rings. The van der Waals surface area contributed by atoms with E-state index in [2.05, 4.69) is 19.2 Å². The summed E-state index contributed by atoms with van der Waals surface area (Å²) in [5.41, 5.74) is 0. The molecule has 0 heterocycles. The Hall–Kier alpha value is -0.570.